The highest BCUT2D eigenvalue weighted by Crippen LogP contribution is 2.24. The first-order valence-corrected chi connectivity index (χ1v) is 5.89. The number of H-pyrrole nitrogens is 1. The van der Waals surface area contributed by atoms with Crippen molar-refractivity contribution in [3.05, 3.63) is 27.2 Å². The molecule has 1 amide bonds. The molecule has 0 aliphatic carbocycles. The van der Waals surface area contributed by atoms with Gasteiger partial charge in [-0.1, -0.05) is 0 Å². The maximum Gasteiger partial charge on any atom is 0.284 e. The third kappa shape index (κ3) is 3.82. The van der Waals surface area contributed by atoms with Crippen LogP contribution in [-0.2, 0) is 4.79 Å². The van der Waals surface area contributed by atoms with E-state index in [0.717, 1.165) is 0 Å². The lowest BCUT2D eigenvalue weighted by Crippen LogP contribution is -2.14. The minimum Gasteiger partial charge on any atom is -0.858 e. The van der Waals surface area contributed by atoms with Gasteiger partial charge in [0, 0.05) is 22.5 Å². The number of carbonyl (C=O) groups excluding carboxylic acids is 1. The zero-order chi connectivity index (χ0) is 13.0. The SMILES string of the molecule is Nc1cccc(N)[nH+]1.O=C1N=C([O-])C(Br)=C1Br. The highest BCUT2D eigenvalue weighted by atomic mass is 79.9. The number of nitrogens with two attached hydrogens (primary N) is 2. The molecule has 1 aliphatic rings. The molecule has 5 N–H and O–H groups in total. The van der Waals surface area contributed by atoms with Crippen molar-refractivity contribution < 1.29 is 14.9 Å². The number of aromatic nitrogens is 1. The van der Waals surface area contributed by atoms with Crippen LogP contribution in [0.15, 0.2) is 32.2 Å². The number of pyridine rings is 1. The van der Waals surface area contributed by atoms with Crippen molar-refractivity contribution in [2.75, 3.05) is 11.5 Å². The molecule has 1 aromatic rings. The monoisotopic (exact) mass is 362 g/mol. The Morgan fingerprint density at radius 1 is 1.18 bits per heavy atom. The average Bonchev–Trinajstić information content (AvgIpc) is 2.46. The van der Waals surface area contributed by atoms with E-state index >= 15 is 0 Å². The van der Waals surface area contributed by atoms with Gasteiger partial charge >= 0.3 is 0 Å². The molecule has 0 atom stereocenters. The topological polar surface area (TPSA) is 119 Å². The van der Waals surface area contributed by atoms with Crippen LogP contribution in [0.4, 0.5) is 11.6 Å². The summed E-state index contributed by atoms with van der Waals surface area (Å²) in [5, 5.41) is 10.5. The summed E-state index contributed by atoms with van der Waals surface area (Å²) in [7, 11) is 0. The van der Waals surface area contributed by atoms with Crippen LogP contribution < -0.4 is 21.6 Å². The van der Waals surface area contributed by atoms with Gasteiger partial charge in [0.1, 0.15) is 0 Å². The van der Waals surface area contributed by atoms with Gasteiger partial charge in [-0.15, -0.1) is 0 Å². The van der Waals surface area contributed by atoms with Crippen molar-refractivity contribution in [2.24, 2.45) is 4.99 Å². The number of aliphatic imine (C=N–C) groups is 1. The molecule has 90 valence electrons. The smallest absolute Gasteiger partial charge is 0.284 e. The highest BCUT2D eigenvalue weighted by Gasteiger charge is 2.16. The fraction of sp³-hybridized carbons (Fsp3) is 0. The molecule has 8 heteroatoms. The number of anilines is 2. The summed E-state index contributed by atoms with van der Waals surface area (Å²) in [6.07, 6.45) is 0. The average molecular weight is 364 g/mol. The molecule has 0 saturated heterocycles. The summed E-state index contributed by atoms with van der Waals surface area (Å²) in [5.74, 6) is 0.133. The molecule has 2 heterocycles. The second-order valence-corrected chi connectivity index (χ2v) is 4.50. The van der Waals surface area contributed by atoms with Crippen LogP contribution in [0.3, 0.4) is 0 Å². The van der Waals surface area contributed by atoms with Gasteiger partial charge in [-0.05, 0) is 37.9 Å². The Morgan fingerprint density at radius 3 is 1.88 bits per heavy atom. The summed E-state index contributed by atoms with van der Waals surface area (Å²) < 4.78 is 0.403. The molecular weight excluding hydrogens is 356 g/mol. The molecule has 0 radical (unpaired) electrons. The van der Waals surface area contributed by atoms with Gasteiger partial charge in [0.05, 0.1) is 4.48 Å². The molecule has 1 aliphatic heterocycles. The quantitative estimate of drug-likeness (QED) is 0.671. The molecule has 6 nitrogen and oxygen atoms in total. The number of hydrogen-bond acceptors (Lipinski definition) is 4. The lowest BCUT2D eigenvalue weighted by molar-refractivity contribution is -0.342. The number of nitrogen functional groups attached to an aromatic ring is 2. The largest absolute Gasteiger partial charge is 0.858 e. The number of carbonyl (C=O) groups is 1. The zero-order valence-electron chi connectivity index (χ0n) is 8.41. The lowest BCUT2D eigenvalue weighted by Gasteiger charge is -1.99. The van der Waals surface area contributed by atoms with Crippen LogP contribution in [0, 0.1) is 0 Å². The van der Waals surface area contributed by atoms with E-state index in [1.165, 1.54) is 0 Å². The van der Waals surface area contributed by atoms with Crippen LogP contribution in [0.25, 0.3) is 0 Å². The van der Waals surface area contributed by atoms with E-state index in [9.17, 15) is 9.90 Å². The lowest BCUT2D eigenvalue weighted by atomic mass is 10.4. The van der Waals surface area contributed by atoms with E-state index in [-0.39, 0.29) is 8.96 Å². The van der Waals surface area contributed by atoms with E-state index < -0.39 is 11.8 Å². The number of hydrogen-bond donors (Lipinski definition) is 2. The van der Waals surface area contributed by atoms with Crippen LogP contribution in [0.1, 0.15) is 0 Å². The van der Waals surface area contributed by atoms with Crippen LogP contribution in [-0.4, -0.2) is 11.8 Å². The second-order valence-electron chi connectivity index (χ2n) is 2.91. The van der Waals surface area contributed by atoms with Gasteiger partial charge in [-0.3, -0.25) is 4.79 Å². The molecule has 0 aromatic carbocycles. The maximum atomic E-state index is 10.5. The first kappa shape index (κ1) is 13.7. The third-order valence-electron chi connectivity index (χ3n) is 1.61. The fourth-order valence-electron chi connectivity index (χ4n) is 0.884. The summed E-state index contributed by atoms with van der Waals surface area (Å²) in [5.41, 5.74) is 10.6. The van der Waals surface area contributed by atoms with E-state index in [4.69, 9.17) is 11.5 Å². The van der Waals surface area contributed by atoms with Crippen molar-refractivity contribution in [3.63, 3.8) is 0 Å². The molecule has 0 fully saturated rings. The summed E-state index contributed by atoms with van der Waals surface area (Å²) in [6, 6.07) is 5.29. The van der Waals surface area contributed by atoms with Crippen LogP contribution in [0.5, 0.6) is 0 Å². The number of rotatable bonds is 0. The normalized spacial score (nSPS) is 14.2. The van der Waals surface area contributed by atoms with Gasteiger partial charge in [-0.25, -0.2) is 9.98 Å². The highest BCUT2D eigenvalue weighted by molar-refractivity contribution is 9.14. The van der Waals surface area contributed by atoms with Crippen LogP contribution >= 0.6 is 31.9 Å². The van der Waals surface area contributed by atoms with E-state index in [1.807, 2.05) is 0 Å². The zero-order valence-corrected chi connectivity index (χ0v) is 11.6. The Morgan fingerprint density at radius 2 is 1.71 bits per heavy atom. The molecular formula is C9H8Br2N4O2. The first-order chi connectivity index (χ1) is 7.91. The molecule has 0 unspecified atom stereocenters. The number of aromatic amines is 1. The number of nitrogens with zero attached hydrogens (tertiary/aromatic N) is 1. The molecule has 0 bridgehead atoms. The molecule has 1 aromatic heterocycles. The van der Waals surface area contributed by atoms with Gasteiger partial charge in [0.2, 0.25) is 11.6 Å². The minimum atomic E-state index is -0.521. The Kier molecular flexibility index (Phi) is 4.64. The Balaban J connectivity index is 0.000000171. The Bertz CT molecular complexity index is 496. The summed E-state index contributed by atoms with van der Waals surface area (Å²) >= 11 is 5.76. The number of halogens is 2. The van der Waals surface area contributed by atoms with Crippen LogP contribution in [0.2, 0.25) is 0 Å². The van der Waals surface area contributed by atoms with Gasteiger partial charge in [0.25, 0.3) is 5.91 Å². The Hall–Kier alpha value is -1.41. The van der Waals surface area contributed by atoms with Crippen molar-refractivity contribution in [2.45, 2.75) is 0 Å². The first-order valence-electron chi connectivity index (χ1n) is 4.30. The van der Waals surface area contributed by atoms with Crippen molar-refractivity contribution >= 4 is 55.3 Å². The van der Waals surface area contributed by atoms with Crippen molar-refractivity contribution in [1.82, 2.24) is 0 Å². The van der Waals surface area contributed by atoms with Gasteiger partial charge < -0.3 is 16.6 Å². The molecule has 0 spiro atoms. The second kappa shape index (κ2) is 5.78. The number of amides is 1. The third-order valence-corrected chi connectivity index (χ3v) is 3.62. The summed E-state index contributed by atoms with van der Waals surface area (Å²) in [6.45, 7) is 0. The van der Waals surface area contributed by atoms with Gasteiger partial charge in [-0.2, -0.15) is 0 Å². The van der Waals surface area contributed by atoms with E-state index in [1.54, 1.807) is 18.2 Å². The predicted octanol–water partition coefficient (Wildman–Crippen LogP) is -0.0481. The van der Waals surface area contributed by atoms with Gasteiger partial charge in [0.15, 0.2) is 0 Å². The van der Waals surface area contributed by atoms with E-state index in [0.29, 0.717) is 11.6 Å². The fourth-order valence-corrected chi connectivity index (χ4v) is 1.40. The van der Waals surface area contributed by atoms with Crippen molar-refractivity contribution in [3.8, 4) is 0 Å². The van der Waals surface area contributed by atoms with E-state index in [2.05, 4.69) is 41.8 Å². The minimum absolute atomic E-state index is 0.201. The Labute approximate surface area is 114 Å². The predicted molar refractivity (Wildman–Crippen MR) is 69.1 cm³/mol. The molecule has 2 rings (SSSR count). The molecule has 17 heavy (non-hydrogen) atoms. The van der Waals surface area contributed by atoms with Crippen molar-refractivity contribution in [1.29, 1.82) is 0 Å². The maximum absolute atomic E-state index is 10.5. The standard InChI is InChI=1S/C5H7N3.C4HBr2NO2/c6-4-2-1-3-5(7)8-4;5-1-2(6)4(9)7-3(1)8/h1-3H,(H4,6,7,8);(H,7,8,9). The summed E-state index contributed by atoms with van der Waals surface area (Å²) in [4.78, 5) is 16.3. The molecule has 0 saturated carbocycles. The number of nitrogens with one attached hydrogen (secondary N) is 1.